The first kappa shape index (κ1) is 11.4. The molecule has 1 atom stereocenters. The molecule has 4 heteroatoms. The maximum absolute atomic E-state index is 6.00. The van der Waals surface area contributed by atoms with Crippen LogP contribution in [0.4, 0.5) is 0 Å². The zero-order valence-corrected chi connectivity index (χ0v) is 10.4. The van der Waals surface area contributed by atoms with Gasteiger partial charge in [-0.25, -0.2) is 0 Å². The maximum Gasteiger partial charge on any atom is 0.522 e. The standard InChI is InChI=1S/C11H22BNO2/c1-10(2)11(3,4)15-12(14-10)9(13)8-6-5-7-8/h8-9H,5-7,13H2,1-4H3/p+1/t9-/m1/s1. The second-order valence-electron chi connectivity index (χ2n) is 5.98. The lowest BCUT2D eigenvalue weighted by Crippen LogP contribution is -2.72. The molecule has 3 N–H and O–H groups in total. The van der Waals surface area contributed by atoms with Gasteiger partial charge in [-0.3, -0.25) is 0 Å². The van der Waals surface area contributed by atoms with E-state index in [1.807, 2.05) is 0 Å². The van der Waals surface area contributed by atoms with E-state index in [1.54, 1.807) is 0 Å². The van der Waals surface area contributed by atoms with Gasteiger partial charge < -0.3 is 15.0 Å². The fourth-order valence-corrected chi connectivity index (χ4v) is 2.15. The van der Waals surface area contributed by atoms with E-state index in [-0.39, 0.29) is 18.3 Å². The topological polar surface area (TPSA) is 46.1 Å². The largest absolute Gasteiger partial charge is 0.522 e. The van der Waals surface area contributed by atoms with Crippen molar-refractivity contribution in [2.24, 2.45) is 5.92 Å². The molecule has 0 radical (unpaired) electrons. The summed E-state index contributed by atoms with van der Waals surface area (Å²) in [6, 6.07) is 0. The van der Waals surface area contributed by atoms with Crippen molar-refractivity contribution in [2.45, 2.75) is 64.1 Å². The van der Waals surface area contributed by atoms with E-state index >= 15 is 0 Å². The van der Waals surface area contributed by atoms with Gasteiger partial charge in [0.1, 0.15) is 5.94 Å². The quantitative estimate of drug-likeness (QED) is 0.695. The number of hydrogen-bond donors (Lipinski definition) is 1. The molecule has 2 rings (SSSR count). The highest BCUT2D eigenvalue weighted by molar-refractivity contribution is 6.47. The van der Waals surface area contributed by atoms with Crippen LogP contribution in [0.25, 0.3) is 0 Å². The molecule has 2 aliphatic rings. The first-order valence-corrected chi connectivity index (χ1v) is 6.02. The average Bonchev–Trinajstić information content (AvgIpc) is 2.17. The number of rotatable bonds is 2. The van der Waals surface area contributed by atoms with Gasteiger partial charge in [0.2, 0.25) is 0 Å². The summed E-state index contributed by atoms with van der Waals surface area (Å²) in [6.45, 7) is 8.39. The van der Waals surface area contributed by atoms with Crippen LogP contribution in [-0.2, 0) is 9.31 Å². The van der Waals surface area contributed by atoms with E-state index in [9.17, 15) is 0 Å². The Balaban J connectivity index is 2.02. The minimum Gasteiger partial charge on any atom is -0.399 e. The first-order valence-electron chi connectivity index (χ1n) is 6.02. The zero-order chi connectivity index (χ0) is 11.3. The molecule has 0 unspecified atom stereocenters. The lowest BCUT2D eigenvalue weighted by Gasteiger charge is -2.32. The highest BCUT2D eigenvalue weighted by atomic mass is 16.7. The van der Waals surface area contributed by atoms with E-state index in [0.717, 1.165) is 0 Å². The van der Waals surface area contributed by atoms with Crippen LogP contribution in [0.5, 0.6) is 0 Å². The van der Waals surface area contributed by atoms with Crippen LogP contribution in [0.15, 0.2) is 0 Å². The van der Waals surface area contributed by atoms with Gasteiger partial charge in [-0.1, -0.05) is 6.42 Å². The average molecular weight is 212 g/mol. The Morgan fingerprint density at radius 2 is 1.60 bits per heavy atom. The van der Waals surface area contributed by atoms with Gasteiger partial charge >= 0.3 is 7.12 Å². The molecule has 0 amide bonds. The van der Waals surface area contributed by atoms with E-state index < -0.39 is 0 Å². The number of hydrogen-bond acceptors (Lipinski definition) is 2. The summed E-state index contributed by atoms with van der Waals surface area (Å²) in [6.07, 6.45) is 3.92. The third-order valence-corrected chi connectivity index (χ3v) is 4.38. The van der Waals surface area contributed by atoms with E-state index in [4.69, 9.17) is 9.31 Å². The van der Waals surface area contributed by atoms with Crippen LogP contribution in [0.1, 0.15) is 47.0 Å². The monoisotopic (exact) mass is 212 g/mol. The first-order chi connectivity index (χ1) is 6.83. The lowest BCUT2D eigenvalue weighted by molar-refractivity contribution is -0.414. The molecule has 15 heavy (non-hydrogen) atoms. The van der Waals surface area contributed by atoms with Crippen LogP contribution in [-0.4, -0.2) is 24.3 Å². The predicted molar refractivity (Wildman–Crippen MR) is 60.1 cm³/mol. The minimum absolute atomic E-state index is 0.111. The van der Waals surface area contributed by atoms with Gasteiger partial charge in [-0.05, 0) is 40.5 Å². The molecule has 0 aromatic carbocycles. The zero-order valence-electron chi connectivity index (χ0n) is 10.4. The fourth-order valence-electron chi connectivity index (χ4n) is 2.15. The highest BCUT2D eigenvalue weighted by Crippen LogP contribution is 2.39. The van der Waals surface area contributed by atoms with Crippen LogP contribution < -0.4 is 5.73 Å². The van der Waals surface area contributed by atoms with E-state index in [1.165, 1.54) is 19.3 Å². The van der Waals surface area contributed by atoms with Gasteiger partial charge in [0.25, 0.3) is 0 Å². The van der Waals surface area contributed by atoms with Crippen LogP contribution in [0.2, 0.25) is 0 Å². The summed E-state index contributed by atoms with van der Waals surface area (Å²) < 4.78 is 12.0. The highest BCUT2D eigenvalue weighted by Gasteiger charge is 2.56. The molecule has 3 nitrogen and oxygen atoms in total. The van der Waals surface area contributed by atoms with Gasteiger partial charge in [-0.15, -0.1) is 0 Å². The molecule has 2 fully saturated rings. The molecule has 1 aliphatic heterocycles. The molecule has 86 valence electrons. The van der Waals surface area contributed by atoms with Crippen molar-refractivity contribution in [3.8, 4) is 0 Å². The molecule has 0 aromatic heterocycles. The smallest absolute Gasteiger partial charge is 0.399 e. The molecule has 0 aromatic rings. The Kier molecular flexibility index (Phi) is 2.65. The van der Waals surface area contributed by atoms with Gasteiger partial charge in [-0.2, -0.15) is 0 Å². The summed E-state index contributed by atoms with van der Waals surface area (Å²) in [7, 11) is -0.111. The second-order valence-corrected chi connectivity index (χ2v) is 5.98. The Hall–Kier alpha value is -0.0551. The Morgan fingerprint density at radius 1 is 1.13 bits per heavy atom. The van der Waals surface area contributed by atoms with Gasteiger partial charge in [0.05, 0.1) is 11.2 Å². The lowest BCUT2D eigenvalue weighted by atomic mass is 9.64. The summed E-state index contributed by atoms with van der Waals surface area (Å²) in [5, 5.41) is 0. The Labute approximate surface area is 92.8 Å². The third kappa shape index (κ3) is 1.83. The summed E-state index contributed by atoms with van der Waals surface area (Å²) in [5.74, 6) is 1.000. The minimum atomic E-state index is -0.211. The molecule has 0 bridgehead atoms. The summed E-state index contributed by atoms with van der Waals surface area (Å²) >= 11 is 0. The third-order valence-electron chi connectivity index (χ3n) is 4.38. The normalized spacial score (nSPS) is 31.4. The van der Waals surface area contributed by atoms with Crippen molar-refractivity contribution >= 4 is 7.12 Å². The van der Waals surface area contributed by atoms with Crippen LogP contribution in [0.3, 0.4) is 0 Å². The SMILES string of the molecule is CC1(C)OB([C@H]([NH3+])C2CCC2)OC1(C)C. The molecule has 0 spiro atoms. The van der Waals surface area contributed by atoms with E-state index in [2.05, 4.69) is 33.4 Å². The molecular formula is C11H23BNO2+. The van der Waals surface area contributed by atoms with Crippen molar-refractivity contribution in [2.75, 3.05) is 0 Å². The summed E-state index contributed by atoms with van der Waals surface area (Å²) in [4.78, 5) is 0. The molecular weight excluding hydrogens is 189 g/mol. The molecule has 1 aliphatic carbocycles. The molecule has 1 saturated heterocycles. The fraction of sp³-hybridized carbons (Fsp3) is 1.00. The molecule has 1 saturated carbocycles. The predicted octanol–water partition coefficient (Wildman–Crippen LogP) is 1.03. The Morgan fingerprint density at radius 3 is 1.93 bits per heavy atom. The van der Waals surface area contributed by atoms with Crippen LogP contribution in [0, 0.1) is 5.92 Å². The molecule has 1 heterocycles. The van der Waals surface area contributed by atoms with Crippen LogP contribution >= 0.6 is 0 Å². The van der Waals surface area contributed by atoms with Crippen molar-refractivity contribution in [3.63, 3.8) is 0 Å². The van der Waals surface area contributed by atoms with Crippen molar-refractivity contribution < 1.29 is 15.0 Å². The van der Waals surface area contributed by atoms with Gasteiger partial charge in [0.15, 0.2) is 0 Å². The van der Waals surface area contributed by atoms with Crippen molar-refractivity contribution in [1.82, 2.24) is 0 Å². The summed E-state index contributed by atoms with van der Waals surface area (Å²) in [5.41, 5.74) is 3.80. The van der Waals surface area contributed by atoms with Crippen molar-refractivity contribution in [3.05, 3.63) is 0 Å². The second kappa shape index (κ2) is 3.47. The maximum atomic E-state index is 6.00. The number of quaternary nitrogens is 1. The van der Waals surface area contributed by atoms with E-state index in [0.29, 0.717) is 11.9 Å². The van der Waals surface area contributed by atoms with Crippen molar-refractivity contribution in [1.29, 1.82) is 0 Å². The van der Waals surface area contributed by atoms with Gasteiger partial charge in [0, 0.05) is 5.92 Å². The Bertz CT molecular complexity index is 235.